The maximum Gasteiger partial charge on any atom is 0.269 e. The first-order valence-corrected chi connectivity index (χ1v) is 14.4. The van der Waals surface area contributed by atoms with Gasteiger partial charge in [0.1, 0.15) is 29.9 Å². The maximum atomic E-state index is 12.7. The molecule has 0 spiro atoms. The van der Waals surface area contributed by atoms with E-state index in [0.29, 0.717) is 22.1 Å². The number of nitro groups is 1. The summed E-state index contributed by atoms with van der Waals surface area (Å²) in [6, 6.07) is 13.8. The second kappa shape index (κ2) is 9.74. The molecule has 2 aromatic carbocycles. The fraction of sp³-hybridized carbons (Fsp3) is 0.136. The number of non-ortho nitro benzene ring substituents is 1. The van der Waals surface area contributed by atoms with E-state index in [1.807, 2.05) is 36.1 Å². The Kier molecular flexibility index (Phi) is 6.68. The minimum Gasteiger partial charge on any atom is -0.497 e. The van der Waals surface area contributed by atoms with Gasteiger partial charge in [0.15, 0.2) is 0 Å². The number of anilines is 2. The first-order valence-electron chi connectivity index (χ1n) is 10.2. The smallest absolute Gasteiger partial charge is 0.269 e. The molecule has 2 aliphatic rings. The monoisotopic (exact) mass is 560 g/mol. The van der Waals surface area contributed by atoms with Gasteiger partial charge >= 0.3 is 0 Å². The molecule has 5 rings (SSSR count). The van der Waals surface area contributed by atoms with Crippen molar-refractivity contribution in [1.82, 2.24) is 0 Å². The highest BCUT2D eigenvalue weighted by Gasteiger charge is 2.37. The lowest BCUT2D eigenvalue weighted by Crippen LogP contribution is -2.34. The van der Waals surface area contributed by atoms with Crippen molar-refractivity contribution >= 4 is 82.7 Å². The molecule has 0 radical (unpaired) electrons. The van der Waals surface area contributed by atoms with Crippen molar-refractivity contribution < 1.29 is 9.66 Å². The molecule has 0 atom stereocenters. The van der Waals surface area contributed by atoms with Crippen LogP contribution in [-0.2, 0) is 0 Å². The lowest BCUT2D eigenvalue weighted by atomic mass is 10.2. The highest BCUT2D eigenvalue weighted by atomic mass is 32.9. The summed E-state index contributed by atoms with van der Waals surface area (Å²) in [7, 11) is 4.25. The Morgan fingerprint density at radius 3 is 2.43 bits per heavy atom. The summed E-state index contributed by atoms with van der Waals surface area (Å²) < 4.78 is 6.82. The zero-order valence-corrected chi connectivity index (χ0v) is 22.4. The van der Waals surface area contributed by atoms with Gasteiger partial charge in [-0.15, -0.1) is 0 Å². The normalized spacial score (nSPS) is 17.4. The average Bonchev–Trinajstić information content (AvgIpc) is 3.47. The van der Waals surface area contributed by atoms with E-state index in [2.05, 4.69) is 0 Å². The van der Waals surface area contributed by atoms with Crippen LogP contribution in [0.25, 0.3) is 0 Å². The number of hydrazone groups is 1. The molecule has 0 bridgehead atoms. The predicted molar refractivity (Wildman–Crippen MR) is 150 cm³/mol. The van der Waals surface area contributed by atoms with Crippen molar-refractivity contribution in [1.29, 1.82) is 0 Å². The number of hydrogen-bond acceptors (Lipinski definition) is 12. The van der Waals surface area contributed by atoms with Gasteiger partial charge in [-0.05, 0) is 65.4 Å². The summed E-state index contributed by atoms with van der Waals surface area (Å²) in [5.41, 5.74) is 2.91. The molecular formula is C22H16N4O4S5. The first-order chi connectivity index (χ1) is 16.9. The van der Waals surface area contributed by atoms with E-state index < -0.39 is 4.92 Å². The Bertz CT molecular complexity index is 1440. The quantitative estimate of drug-likeness (QED) is 0.120. The van der Waals surface area contributed by atoms with E-state index >= 15 is 0 Å². The van der Waals surface area contributed by atoms with Crippen molar-refractivity contribution in [2.45, 2.75) is 11.1 Å². The number of thiocarbonyl (C=S) groups is 1. The molecule has 1 aromatic heterocycles. The first kappa shape index (κ1) is 24.0. The zero-order chi connectivity index (χ0) is 24.7. The zero-order valence-electron chi connectivity index (χ0n) is 18.3. The molecule has 35 heavy (non-hydrogen) atoms. The second-order valence-electron chi connectivity index (χ2n) is 7.20. The summed E-state index contributed by atoms with van der Waals surface area (Å²) in [5, 5.41) is 19.2. The van der Waals surface area contributed by atoms with Crippen LogP contribution in [0.15, 0.2) is 73.4 Å². The Morgan fingerprint density at radius 1 is 1.09 bits per heavy atom. The van der Waals surface area contributed by atoms with Gasteiger partial charge in [0.25, 0.3) is 10.4 Å². The summed E-state index contributed by atoms with van der Waals surface area (Å²) in [4.78, 5) is 25.4. The summed E-state index contributed by atoms with van der Waals surface area (Å²) in [6.07, 6.45) is 0. The van der Waals surface area contributed by atoms with Crippen LogP contribution in [-0.4, -0.2) is 27.8 Å². The van der Waals surface area contributed by atoms with Crippen LogP contribution in [0.3, 0.4) is 0 Å². The van der Waals surface area contributed by atoms with Crippen LogP contribution in [0, 0.1) is 10.1 Å². The number of fused-ring (bicyclic) bond motifs is 1. The fourth-order valence-corrected chi connectivity index (χ4v) is 8.97. The minimum atomic E-state index is -0.436. The molecule has 0 saturated carbocycles. The molecule has 13 heteroatoms. The second-order valence-corrected chi connectivity index (χ2v) is 12.2. The number of methoxy groups -OCH3 is 1. The summed E-state index contributed by atoms with van der Waals surface area (Å²) in [5.74, 6) is 0.736. The van der Waals surface area contributed by atoms with Gasteiger partial charge in [-0.25, -0.2) is 5.01 Å². The minimum absolute atomic E-state index is 0.00105. The SMILES string of the molecule is CCN1/C(=C2/SC(c3ccc(OC)cc3)=NN2c2ccc([N+](=O)[O-])cc2)C(=S)Sc2ssc(=O)c21. The fourth-order valence-electron chi connectivity index (χ4n) is 3.58. The highest BCUT2D eigenvalue weighted by molar-refractivity contribution is 8.25. The van der Waals surface area contributed by atoms with Crippen LogP contribution in [0.2, 0.25) is 0 Å². The number of nitrogens with zero attached hydrogens (tertiary/aromatic N) is 4. The highest BCUT2D eigenvalue weighted by Crippen LogP contribution is 2.48. The summed E-state index contributed by atoms with van der Waals surface area (Å²) >= 11 is 8.68. The third-order valence-corrected chi connectivity index (χ3v) is 10.3. The largest absolute Gasteiger partial charge is 0.497 e. The topological polar surface area (TPSA) is 88.3 Å². The van der Waals surface area contributed by atoms with Gasteiger partial charge in [-0.1, -0.05) is 34.3 Å². The van der Waals surface area contributed by atoms with E-state index in [1.165, 1.54) is 56.3 Å². The van der Waals surface area contributed by atoms with E-state index in [4.69, 9.17) is 22.1 Å². The van der Waals surface area contributed by atoms with Gasteiger partial charge in [0.2, 0.25) is 0 Å². The molecule has 8 nitrogen and oxygen atoms in total. The van der Waals surface area contributed by atoms with E-state index in [0.717, 1.165) is 31.3 Å². The Balaban J connectivity index is 1.66. The van der Waals surface area contributed by atoms with E-state index in [-0.39, 0.29) is 10.4 Å². The number of rotatable bonds is 5. The number of thioether (sulfide) groups is 2. The average molecular weight is 561 g/mol. The predicted octanol–water partition coefficient (Wildman–Crippen LogP) is 6.13. The third kappa shape index (κ3) is 4.38. The van der Waals surface area contributed by atoms with Crippen molar-refractivity contribution in [3.05, 3.63) is 84.5 Å². The van der Waals surface area contributed by atoms with Gasteiger partial charge in [-0.2, -0.15) is 5.10 Å². The Labute approximate surface area is 221 Å². The van der Waals surface area contributed by atoms with Gasteiger partial charge < -0.3 is 9.64 Å². The molecule has 2 aliphatic heterocycles. The van der Waals surface area contributed by atoms with E-state index in [9.17, 15) is 14.9 Å². The van der Waals surface area contributed by atoms with Gasteiger partial charge in [0, 0.05) is 24.2 Å². The lowest BCUT2D eigenvalue weighted by molar-refractivity contribution is -0.384. The molecular weight excluding hydrogens is 545 g/mol. The lowest BCUT2D eigenvalue weighted by Gasteiger charge is -2.32. The van der Waals surface area contributed by atoms with Crippen molar-refractivity contribution in [3.8, 4) is 5.75 Å². The standard InChI is InChI=1S/C22H16N4O4S5/c1-3-24-16(21(31)33-22-17(24)20(27)34-35-22)19-25(13-6-8-14(9-7-13)26(28)29)23-18(32-19)12-4-10-15(30-2)11-5-12/h4-11H,3H2,1-2H3/b19-16+. The van der Waals surface area contributed by atoms with Gasteiger partial charge in [0.05, 0.1) is 23.4 Å². The number of hydrogen-bond donors (Lipinski definition) is 0. The molecule has 3 aromatic rings. The van der Waals surface area contributed by atoms with Crippen molar-refractivity contribution in [2.75, 3.05) is 23.6 Å². The molecule has 3 heterocycles. The molecule has 178 valence electrons. The van der Waals surface area contributed by atoms with E-state index in [1.54, 1.807) is 24.3 Å². The molecule has 0 saturated heterocycles. The molecule has 0 N–H and O–H groups in total. The third-order valence-electron chi connectivity index (χ3n) is 5.24. The van der Waals surface area contributed by atoms with Crippen LogP contribution < -0.4 is 19.4 Å². The Morgan fingerprint density at radius 2 is 1.80 bits per heavy atom. The maximum absolute atomic E-state index is 12.7. The summed E-state index contributed by atoms with van der Waals surface area (Å²) in [6.45, 7) is 2.53. The van der Waals surface area contributed by atoms with Crippen LogP contribution >= 0.6 is 56.4 Å². The number of nitro benzene ring substituents is 1. The Hall–Kier alpha value is -2.71. The molecule has 0 fully saturated rings. The molecule has 0 unspecified atom stereocenters. The van der Waals surface area contributed by atoms with Crippen LogP contribution in [0.4, 0.5) is 17.1 Å². The number of ether oxygens (including phenoxy) is 1. The van der Waals surface area contributed by atoms with Crippen LogP contribution in [0.5, 0.6) is 5.75 Å². The molecule has 0 aliphatic carbocycles. The molecule has 0 amide bonds. The van der Waals surface area contributed by atoms with Crippen molar-refractivity contribution in [3.63, 3.8) is 0 Å². The van der Waals surface area contributed by atoms with Gasteiger partial charge in [-0.3, -0.25) is 14.9 Å². The number of benzene rings is 2. The van der Waals surface area contributed by atoms with Crippen molar-refractivity contribution in [2.24, 2.45) is 5.10 Å². The van der Waals surface area contributed by atoms with Crippen LogP contribution in [0.1, 0.15) is 12.5 Å².